The maximum atomic E-state index is 12.5. The van der Waals surface area contributed by atoms with Crippen molar-refractivity contribution in [2.24, 2.45) is 4.99 Å². The van der Waals surface area contributed by atoms with Crippen molar-refractivity contribution in [2.45, 2.75) is 46.4 Å². The molecule has 0 fully saturated rings. The van der Waals surface area contributed by atoms with Crippen LogP contribution in [0, 0.1) is 0 Å². The fourth-order valence-corrected chi connectivity index (χ4v) is 2.23. The summed E-state index contributed by atoms with van der Waals surface area (Å²) in [6.07, 6.45) is 1.10. The van der Waals surface area contributed by atoms with Gasteiger partial charge in [0.2, 0.25) is 0 Å². The van der Waals surface area contributed by atoms with E-state index in [0.717, 1.165) is 26.1 Å². The fraction of sp³-hybridized carbons (Fsp3) is 0.611. The average Bonchev–Trinajstić information content (AvgIpc) is 2.59. The molecule has 0 amide bonds. The van der Waals surface area contributed by atoms with E-state index in [2.05, 4.69) is 46.2 Å². The third kappa shape index (κ3) is 9.51. The Labute approximate surface area is 172 Å². The molecule has 0 radical (unpaired) electrons. The zero-order valence-corrected chi connectivity index (χ0v) is 18.3. The number of halogens is 3. The van der Waals surface area contributed by atoms with Crippen LogP contribution in [-0.4, -0.2) is 50.2 Å². The molecule has 1 aromatic carbocycles. The van der Waals surface area contributed by atoms with Gasteiger partial charge in [-0.05, 0) is 33.4 Å². The lowest BCUT2D eigenvalue weighted by Gasteiger charge is -2.24. The van der Waals surface area contributed by atoms with E-state index in [1.54, 1.807) is 18.2 Å². The molecular weight excluding hydrogens is 453 g/mol. The lowest BCUT2D eigenvalue weighted by atomic mass is 10.2. The lowest BCUT2D eigenvalue weighted by Crippen LogP contribution is -2.42. The molecule has 1 unspecified atom stereocenters. The largest absolute Gasteiger partial charge is 0.434 e. The first kappa shape index (κ1) is 24.8. The molecule has 1 aromatic rings. The maximum Gasteiger partial charge on any atom is 0.387 e. The first-order chi connectivity index (χ1) is 12.0. The summed E-state index contributed by atoms with van der Waals surface area (Å²) in [7, 11) is 2.10. The Morgan fingerprint density at radius 2 is 1.92 bits per heavy atom. The number of rotatable bonds is 10. The number of guanidine groups is 1. The minimum atomic E-state index is -2.84. The predicted octanol–water partition coefficient (Wildman–Crippen LogP) is 3.69. The van der Waals surface area contributed by atoms with Crippen LogP contribution in [0.3, 0.4) is 0 Å². The highest BCUT2D eigenvalue weighted by molar-refractivity contribution is 14.0. The van der Waals surface area contributed by atoms with Gasteiger partial charge in [0, 0.05) is 31.2 Å². The van der Waals surface area contributed by atoms with Crippen molar-refractivity contribution in [3.8, 4) is 5.75 Å². The molecule has 1 rings (SSSR count). The van der Waals surface area contributed by atoms with E-state index in [-0.39, 0.29) is 36.3 Å². The van der Waals surface area contributed by atoms with E-state index in [1.807, 2.05) is 6.92 Å². The van der Waals surface area contributed by atoms with E-state index in [4.69, 9.17) is 0 Å². The molecule has 150 valence electrons. The minimum Gasteiger partial charge on any atom is -0.434 e. The molecule has 8 heteroatoms. The Morgan fingerprint density at radius 3 is 2.54 bits per heavy atom. The number of nitrogens with one attached hydrogen (secondary N) is 2. The number of aliphatic imine (C=N–C) groups is 1. The van der Waals surface area contributed by atoms with Crippen molar-refractivity contribution in [2.75, 3.05) is 26.7 Å². The Hall–Kier alpha value is -1.16. The van der Waals surface area contributed by atoms with E-state index < -0.39 is 6.61 Å². The molecule has 2 N–H and O–H groups in total. The molecule has 0 bridgehead atoms. The molecular formula is C18H31F2IN4O. The van der Waals surface area contributed by atoms with Crippen LogP contribution in [0.15, 0.2) is 29.3 Å². The molecule has 0 saturated heterocycles. The van der Waals surface area contributed by atoms with Gasteiger partial charge in [-0.3, -0.25) is 0 Å². The third-order valence-electron chi connectivity index (χ3n) is 4.04. The molecule has 0 saturated carbocycles. The van der Waals surface area contributed by atoms with Crippen molar-refractivity contribution in [1.82, 2.24) is 15.5 Å². The summed E-state index contributed by atoms with van der Waals surface area (Å²) >= 11 is 0. The van der Waals surface area contributed by atoms with Gasteiger partial charge >= 0.3 is 6.61 Å². The Bertz CT molecular complexity index is 532. The average molecular weight is 484 g/mol. The SMILES string of the molecule is CCNC(=NCc1ccccc1OC(F)F)NCCN(C)C(C)CC.I. The quantitative estimate of drug-likeness (QED) is 0.302. The molecule has 0 heterocycles. The zero-order chi connectivity index (χ0) is 18.7. The van der Waals surface area contributed by atoms with Crippen LogP contribution in [0.25, 0.3) is 0 Å². The summed E-state index contributed by atoms with van der Waals surface area (Å²) in [6, 6.07) is 7.24. The molecule has 5 nitrogen and oxygen atoms in total. The number of likely N-dealkylation sites (N-methyl/N-ethyl adjacent to an activating group) is 1. The standard InChI is InChI=1S/C18H30F2N4O.HI/c1-5-14(3)24(4)12-11-22-18(21-6-2)23-13-15-9-7-8-10-16(15)25-17(19)20;/h7-10,14,17H,5-6,11-13H2,1-4H3,(H2,21,22,23);1H. The van der Waals surface area contributed by atoms with Gasteiger partial charge in [-0.25, -0.2) is 4.99 Å². The number of alkyl halides is 2. The second kappa shape index (κ2) is 14.0. The van der Waals surface area contributed by atoms with Gasteiger partial charge in [-0.1, -0.05) is 25.1 Å². The number of nitrogens with zero attached hydrogens (tertiary/aromatic N) is 2. The normalized spacial score (nSPS) is 12.7. The smallest absolute Gasteiger partial charge is 0.387 e. The van der Waals surface area contributed by atoms with Gasteiger partial charge in [-0.15, -0.1) is 24.0 Å². The summed E-state index contributed by atoms with van der Waals surface area (Å²) in [5.41, 5.74) is 0.622. The number of hydrogen-bond acceptors (Lipinski definition) is 3. The van der Waals surface area contributed by atoms with Crippen LogP contribution >= 0.6 is 24.0 Å². The summed E-state index contributed by atoms with van der Waals surface area (Å²) in [4.78, 5) is 6.74. The first-order valence-corrected chi connectivity index (χ1v) is 8.73. The van der Waals surface area contributed by atoms with Gasteiger partial charge in [-0.2, -0.15) is 8.78 Å². The van der Waals surface area contributed by atoms with Gasteiger partial charge in [0.05, 0.1) is 6.54 Å². The topological polar surface area (TPSA) is 48.9 Å². The highest BCUT2D eigenvalue weighted by Gasteiger charge is 2.09. The monoisotopic (exact) mass is 484 g/mol. The van der Waals surface area contributed by atoms with Crippen LogP contribution in [0.2, 0.25) is 0 Å². The van der Waals surface area contributed by atoms with Gasteiger partial charge in [0.15, 0.2) is 5.96 Å². The van der Waals surface area contributed by atoms with Crippen LogP contribution in [-0.2, 0) is 6.54 Å². The van der Waals surface area contributed by atoms with E-state index in [9.17, 15) is 8.78 Å². The summed E-state index contributed by atoms with van der Waals surface area (Å²) in [6.45, 7) is 6.13. The second-order valence-electron chi connectivity index (χ2n) is 5.85. The Kier molecular flexibility index (Phi) is 13.3. The van der Waals surface area contributed by atoms with Crippen LogP contribution in [0.5, 0.6) is 5.75 Å². The zero-order valence-electron chi connectivity index (χ0n) is 16.0. The maximum absolute atomic E-state index is 12.5. The first-order valence-electron chi connectivity index (χ1n) is 8.73. The number of hydrogen-bond donors (Lipinski definition) is 2. The predicted molar refractivity (Wildman–Crippen MR) is 114 cm³/mol. The van der Waals surface area contributed by atoms with Crippen LogP contribution in [0.1, 0.15) is 32.8 Å². The summed E-state index contributed by atoms with van der Waals surface area (Å²) in [5, 5.41) is 6.43. The fourth-order valence-electron chi connectivity index (χ4n) is 2.23. The molecule has 0 aliphatic heterocycles. The van der Waals surface area contributed by atoms with Crippen molar-refractivity contribution in [1.29, 1.82) is 0 Å². The van der Waals surface area contributed by atoms with Crippen molar-refractivity contribution in [3.05, 3.63) is 29.8 Å². The third-order valence-corrected chi connectivity index (χ3v) is 4.04. The number of para-hydroxylation sites is 1. The van der Waals surface area contributed by atoms with Gasteiger partial charge in [0.1, 0.15) is 5.75 Å². The van der Waals surface area contributed by atoms with E-state index >= 15 is 0 Å². The van der Waals surface area contributed by atoms with E-state index in [0.29, 0.717) is 17.6 Å². The lowest BCUT2D eigenvalue weighted by molar-refractivity contribution is -0.0504. The van der Waals surface area contributed by atoms with Gasteiger partial charge in [0.25, 0.3) is 0 Å². The van der Waals surface area contributed by atoms with Crippen molar-refractivity contribution >= 4 is 29.9 Å². The summed E-state index contributed by atoms with van der Waals surface area (Å²) < 4.78 is 29.5. The van der Waals surface area contributed by atoms with Crippen molar-refractivity contribution < 1.29 is 13.5 Å². The van der Waals surface area contributed by atoms with Crippen molar-refractivity contribution in [3.63, 3.8) is 0 Å². The Balaban J connectivity index is 0.00000625. The van der Waals surface area contributed by atoms with Crippen LogP contribution < -0.4 is 15.4 Å². The molecule has 0 aromatic heterocycles. The van der Waals surface area contributed by atoms with Gasteiger partial charge < -0.3 is 20.3 Å². The number of benzene rings is 1. The molecule has 0 aliphatic rings. The highest BCUT2D eigenvalue weighted by atomic mass is 127. The molecule has 26 heavy (non-hydrogen) atoms. The Morgan fingerprint density at radius 1 is 1.23 bits per heavy atom. The minimum absolute atomic E-state index is 0. The summed E-state index contributed by atoms with van der Waals surface area (Å²) in [5.74, 6) is 0.820. The van der Waals surface area contributed by atoms with Crippen LogP contribution in [0.4, 0.5) is 8.78 Å². The second-order valence-corrected chi connectivity index (χ2v) is 5.85. The van der Waals surface area contributed by atoms with E-state index in [1.165, 1.54) is 6.07 Å². The number of ether oxygens (including phenoxy) is 1. The molecule has 0 aliphatic carbocycles. The molecule has 1 atom stereocenters. The highest BCUT2D eigenvalue weighted by Crippen LogP contribution is 2.20. The molecule has 0 spiro atoms.